The van der Waals surface area contributed by atoms with Crippen LogP contribution in [0, 0.1) is 0 Å². The molecule has 104 valence electrons. The number of furan rings is 1. The molecule has 0 aliphatic rings. The van der Waals surface area contributed by atoms with Crippen molar-refractivity contribution in [3.05, 3.63) is 48.2 Å². The predicted molar refractivity (Wildman–Crippen MR) is 84.5 cm³/mol. The van der Waals surface area contributed by atoms with E-state index < -0.39 is 0 Å². The van der Waals surface area contributed by atoms with Crippen molar-refractivity contribution in [1.29, 1.82) is 0 Å². The smallest absolute Gasteiger partial charge is 0.133 e. The average Bonchev–Trinajstić information content (AvgIpc) is 2.82. The van der Waals surface area contributed by atoms with Gasteiger partial charge in [0.2, 0.25) is 0 Å². The maximum absolute atomic E-state index is 5.89. The summed E-state index contributed by atoms with van der Waals surface area (Å²) in [6.07, 6.45) is 1.66. The lowest BCUT2D eigenvalue weighted by atomic mass is 10.1. The van der Waals surface area contributed by atoms with Crippen LogP contribution in [0.5, 0.6) is 0 Å². The summed E-state index contributed by atoms with van der Waals surface area (Å²) in [5.41, 5.74) is 7.87. The summed E-state index contributed by atoms with van der Waals surface area (Å²) in [4.78, 5) is 4.31. The van der Waals surface area contributed by atoms with Gasteiger partial charge in [-0.25, -0.2) is 0 Å². The monoisotopic (exact) mass is 300 g/mol. The second-order valence-electron chi connectivity index (χ2n) is 4.16. The first-order valence-electron chi connectivity index (χ1n) is 5.64. The van der Waals surface area contributed by atoms with Crippen molar-refractivity contribution in [3.8, 4) is 11.3 Å². The fourth-order valence-corrected chi connectivity index (χ4v) is 1.60. The summed E-state index contributed by atoms with van der Waals surface area (Å²) in [6, 6.07) is 11.9. The molecule has 0 radical (unpaired) electrons. The molecule has 0 spiro atoms. The minimum Gasteiger partial charge on any atom is -0.464 e. The maximum Gasteiger partial charge on any atom is 0.133 e. The van der Waals surface area contributed by atoms with Crippen LogP contribution in [0.4, 0.5) is 0 Å². The zero-order chi connectivity index (χ0) is 12.3. The van der Waals surface area contributed by atoms with Gasteiger partial charge in [-0.2, -0.15) is 0 Å². The van der Waals surface area contributed by atoms with Crippen molar-refractivity contribution in [1.82, 2.24) is 0 Å². The highest BCUT2D eigenvalue weighted by Gasteiger charge is 2.02. The molecule has 5 heteroatoms. The Morgan fingerprint density at radius 3 is 2.21 bits per heavy atom. The summed E-state index contributed by atoms with van der Waals surface area (Å²) >= 11 is 0. The molecule has 3 nitrogen and oxygen atoms in total. The molecule has 0 amide bonds. The Morgan fingerprint density at radius 1 is 1.11 bits per heavy atom. The third kappa shape index (κ3) is 4.62. The van der Waals surface area contributed by atoms with Crippen LogP contribution in [0.25, 0.3) is 11.3 Å². The zero-order valence-electron chi connectivity index (χ0n) is 10.9. The van der Waals surface area contributed by atoms with Gasteiger partial charge in [0.1, 0.15) is 11.6 Å². The van der Waals surface area contributed by atoms with E-state index in [0.29, 0.717) is 5.84 Å². The van der Waals surface area contributed by atoms with Crippen molar-refractivity contribution in [3.63, 3.8) is 0 Å². The molecular formula is C14H18Cl2N2O. The Morgan fingerprint density at radius 2 is 1.74 bits per heavy atom. The molecule has 2 aromatic rings. The number of rotatable bonds is 3. The fourth-order valence-electron chi connectivity index (χ4n) is 1.60. The van der Waals surface area contributed by atoms with Crippen LogP contribution >= 0.6 is 24.8 Å². The first kappa shape index (κ1) is 17.6. The van der Waals surface area contributed by atoms with Gasteiger partial charge in [0.05, 0.1) is 6.26 Å². The van der Waals surface area contributed by atoms with E-state index in [1.54, 1.807) is 6.26 Å². The number of hydrogen-bond donors (Lipinski definition) is 1. The third-order valence-electron chi connectivity index (χ3n) is 2.38. The third-order valence-corrected chi connectivity index (χ3v) is 2.38. The highest BCUT2D eigenvalue weighted by Crippen LogP contribution is 2.19. The van der Waals surface area contributed by atoms with Gasteiger partial charge in [-0.15, -0.1) is 24.8 Å². The number of nitrogens with zero attached hydrogens (tertiary/aromatic N) is 1. The van der Waals surface area contributed by atoms with E-state index in [9.17, 15) is 0 Å². The topological polar surface area (TPSA) is 51.5 Å². The van der Waals surface area contributed by atoms with Crippen LogP contribution < -0.4 is 5.73 Å². The van der Waals surface area contributed by atoms with Crippen molar-refractivity contribution < 1.29 is 4.42 Å². The molecular weight excluding hydrogens is 283 g/mol. The molecule has 2 rings (SSSR count). The summed E-state index contributed by atoms with van der Waals surface area (Å²) < 4.78 is 5.32. The van der Waals surface area contributed by atoms with E-state index in [1.807, 2.05) is 50.2 Å². The minimum atomic E-state index is 0. The van der Waals surface area contributed by atoms with Gasteiger partial charge in [0.15, 0.2) is 0 Å². The van der Waals surface area contributed by atoms with E-state index in [-0.39, 0.29) is 30.9 Å². The molecule has 19 heavy (non-hydrogen) atoms. The lowest BCUT2D eigenvalue weighted by Crippen LogP contribution is -2.15. The standard InChI is InChI=1S/C14H16N2O.2ClH/c1-10(2)16-14(15)12-7-5-11(6-8-12)13-4-3-9-17-13;;/h3-10H,1-2H3,(H2,15,16);2*1H. The molecule has 0 bridgehead atoms. The van der Waals surface area contributed by atoms with Crippen molar-refractivity contribution in [2.45, 2.75) is 19.9 Å². The van der Waals surface area contributed by atoms with Crippen LogP contribution in [0.3, 0.4) is 0 Å². The lowest BCUT2D eigenvalue weighted by Gasteiger charge is -2.04. The molecule has 0 aliphatic carbocycles. The normalized spacial score (nSPS) is 10.8. The highest BCUT2D eigenvalue weighted by molar-refractivity contribution is 5.97. The molecule has 0 atom stereocenters. The molecule has 0 aliphatic heterocycles. The molecule has 0 unspecified atom stereocenters. The molecule has 0 fully saturated rings. The molecule has 0 saturated carbocycles. The number of nitrogens with two attached hydrogens (primary N) is 1. The number of hydrogen-bond acceptors (Lipinski definition) is 2. The second-order valence-corrected chi connectivity index (χ2v) is 4.16. The predicted octanol–water partition coefficient (Wildman–Crippen LogP) is 3.90. The zero-order valence-corrected chi connectivity index (χ0v) is 12.5. The van der Waals surface area contributed by atoms with Crippen LogP contribution in [-0.2, 0) is 0 Å². The van der Waals surface area contributed by atoms with Crippen LogP contribution in [0.1, 0.15) is 19.4 Å². The number of benzene rings is 1. The van der Waals surface area contributed by atoms with E-state index >= 15 is 0 Å². The van der Waals surface area contributed by atoms with Crippen molar-refractivity contribution in [2.24, 2.45) is 10.7 Å². The van der Waals surface area contributed by atoms with E-state index in [0.717, 1.165) is 16.9 Å². The largest absolute Gasteiger partial charge is 0.464 e. The Balaban J connectivity index is 0.00000162. The summed E-state index contributed by atoms with van der Waals surface area (Å²) in [5.74, 6) is 1.43. The van der Waals surface area contributed by atoms with Gasteiger partial charge >= 0.3 is 0 Å². The molecule has 0 saturated heterocycles. The first-order valence-corrected chi connectivity index (χ1v) is 5.64. The number of amidine groups is 1. The van der Waals surface area contributed by atoms with E-state index in [2.05, 4.69) is 4.99 Å². The van der Waals surface area contributed by atoms with Gasteiger partial charge < -0.3 is 10.2 Å². The van der Waals surface area contributed by atoms with Crippen molar-refractivity contribution >= 4 is 30.6 Å². The number of aliphatic imine (C=N–C) groups is 1. The van der Waals surface area contributed by atoms with Gasteiger partial charge in [0, 0.05) is 17.2 Å². The minimum absolute atomic E-state index is 0. The van der Waals surface area contributed by atoms with E-state index in [1.165, 1.54) is 0 Å². The van der Waals surface area contributed by atoms with Crippen LogP contribution in [-0.4, -0.2) is 11.9 Å². The van der Waals surface area contributed by atoms with Gasteiger partial charge in [-0.3, -0.25) is 4.99 Å². The average molecular weight is 301 g/mol. The summed E-state index contributed by atoms with van der Waals surface area (Å²) in [5, 5.41) is 0. The fraction of sp³-hybridized carbons (Fsp3) is 0.214. The number of halogens is 2. The Labute approximate surface area is 125 Å². The lowest BCUT2D eigenvalue weighted by molar-refractivity contribution is 0.582. The summed E-state index contributed by atoms with van der Waals surface area (Å²) in [7, 11) is 0. The van der Waals surface area contributed by atoms with Crippen LogP contribution in [0.15, 0.2) is 52.1 Å². The maximum atomic E-state index is 5.89. The first-order chi connectivity index (χ1) is 8.16. The molecule has 1 aromatic heterocycles. The molecule has 1 heterocycles. The summed E-state index contributed by atoms with van der Waals surface area (Å²) in [6.45, 7) is 4.01. The second kappa shape index (κ2) is 7.87. The van der Waals surface area contributed by atoms with Gasteiger partial charge in [-0.05, 0) is 26.0 Å². The van der Waals surface area contributed by atoms with Gasteiger partial charge in [0.25, 0.3) is 0 Å². The van der Waals surface area contributed by atoms with E-state index in [4.69, 9.17) is 10.2 Å². The Kier molecular flexibility index (Phi) is 7.27. The molecule has 1 aromatic carbocycles. The Hall–Kier alpha value is -1.45. The quantitative estimate of drug-likeness (QED) is 0.690. The van der Waals surface area contributed by atoms with Gasteiger partial charge in [-0.1, -0.05) is 24.3 Å². The highest BCUT2D eigenvalue weighted by atomic mass is 35.5. The van der Waals surface area contributed by atoms with Crippen molar-refractivity contribution in [2.75, 3.05) is 0 Å². The molecule has 2 N–H and O–H groups in total. The Bertz CT molecular complexity index is 505. The SMILES string of the molecule is CC(C)N=C(N)c1ccc(-c2ccco2)cc1.Cl.Cl. The van der Waals surface area contributed by atoms with Crippen LogP contribution in [0.2, 0.25) is 0 Å².